The summed E-state index contributed by atoms with van der Waals surface area (Å²) < 4.78 is 21.3. The van der Waals surface area contributed by atoms with Crippen molar-refractivity contribution >= 4 is 0 Å². The minimum Gasteiger partial charge on any atom is -0.373 e. The zero-order chi connectivity index (χ0) is 13.4. The molecule has 0 spiro atoms. The Bertz CT molecular complexity index is 324. The third-order valence-electron chi connectivity index (χ3n) is 2.42. The molecule has 1 rings (SSSR count). The highest BCUT2D eigenvalue weighted by Crippen LogP contribution is 2.23. The predicted molar refractivity (Wildman–Crippen MR) is 64.9 cm³/mol. The van der Waals surface area contributed by atoms with Crippen LogP contribution in [0.15, 0.2) is 4.52 Å². The molecule has 0 radical (unpaired) electrons. The number of hydrogen-bond donors (Lipinski definition) is 0. The van der Waals surface area contributed by atoms with E-state index in [1.54, 1.807) is 7.11 Å². The minimum atomic E-state index is -0.597. The number of nitrogens with zero attached hydrogens (tertiary/aromatic N) is 2. The molecule has 0 N–H and O–H groups in total. The van der Waals surface area contributed by atoms with Crippen molar-refractivity contribution in [3.05, 3.63) is 11.7 Å². The molecule has 104 valence electrons. The number of rotatable bonds is 9. The second kappa shape index (κ2) is 8.18. The van der Waals surface area contributed by atoms with E-state index >= 15 is 0 Å². The topological polar surface area (TPSA) is 66.6 Å². The SMILES string of the molecule is CCCC(OC)c1noc(C(OCC)OCC)n1. The van der Waals surface area contributed by atoms with Crippen LogP contribution in [-0.4, -0.2) is 30.5 Å². The lowest BCUT2D eigenvalue weighted by Gasteiger charge is -2.12. The van der Waals surface area contributed by atoms with Crippen LogP contribution in [0, 0.1) is 0 Å². The van der Waals surface area contributed by atoms with E-state index in [0.29, 0.717) is 24.9 Å². The van der Waals surface area contributed by atoms with E-state index in [1.165, 1.54) is 0 Å². The van der Waals surface area contributed by atoms with Gasteiger partial charge in [0.25, 0.3) is 5.89 Å². The zero-order valence-electron chi connectivity index (χ0n) is 11.5. The van der Waals surface area contributed by atoms with Gasteiger partial charge < -0.3 is 18.7 Å². The molecule has 0 bridgehead atoms. The number of hydrogen-bond acceptors (Lipinski definition) is 6. The van der Waals surface area contributed by atoms with Crippen LogP contribution in [0.4, 0.5) is 0 Å². The Labute approximate surface area is 108 Å². The molecule has 0 amide bonds. The average Bonchev–Trinajstić information content (AvgIpc) is 2.85. The quantitative estimate of drug-likeness (QED) is 0.634. The molecule has 6 nitrogen and oxygen atoms in total. The van der Waals surface area contributed by atoms with Crippen molar-refractivity contribution in [3.63, 3.8) is 0 Å². The van der Waals surface area contributed by atoms with Crippen LogP contribution in [-0.2, 0) is 14.2 Å². The van der Waals surface area contributed by atoms with Gasteiger partial charge in [-0.3, -0.25) is 0 Å². The molecular weight excluding hydrogens is 236 g/mol. The summed E-state index contributed by atoms with van der Waals surface area (Å²) in [6.45, 7) is 6.89. The van der Waals surface area contributed by atoms with Crippen molar-refractivity contribution in [2.75, 3.05) is 20.3 Å². The summed E-state index contributed by atoms with van der Waals surface area (Å²) in [7, 11) is 1.64. The summed E-state index contributed by atoms with van der Waals surface area (Å²) in [4.78, 5) is 4.28. The minimum absolute atomic E-state index is 0.142. The molecule has 18 heavy (non-hydrogen) atoms. The zero-order valence-corrected chi connectivity index (χ0v) is 11.5. The fraction of sp³-hybridized carbons (Fsp3) is 0.833. The van der Waals surface area contributed by atoms with Gasteiger partial charge in [-0.25, -0.2) is 0 Å². The molecular formula is C12H22N2O4. The van der Waals surface area contributed by atoms with Crippen molar-refractivity contribution in [2.24, 2.45) is 0 Å². The maximum Gasteiger partial charge on any atom is 0.283 e. The normalized spacial score (nSPS) is 13.2. The monoisotopic (exact) mass is 258 g/mol. The van der Waals surface area contributed by atoms with Crippen LogP contribution in [0.3, 0.4) is 0 Å². The fourth-order valence-corrected chi connectivity index (χ4v) is 1.58. The smallest absolute Gasteiger partial charge is 0.283 e. The Balaban J connectivity index is 2.75. The molecule has 1 aromatic heterocycles. The Hall–Kier alpha value is -0.980. The highest BCUT2D eigenvalue weighted by molar-refractivity contribution is 4.92. The highest BCUT2D eigenvalue weighted by atomic mass is 16.7. The maximum atomic E-state index is 5.40. The lowest BCUT2D eigenvalue weighted by Crippen LogP contribution is -2.10. The summed E-state index contributed by atoms with van der Waals surface area (Å²) in [5, 5.41) is 3.92. The Kier molecular flexibility index (Phi) is 6.85. The van der Waals surface area contributed by atoms with Gasteiger partial charge in [-0.1, -0.05) is 18.5 Å². The van der Waals surface area contributed by atoms with Crippen LogP contribution in [0.1, 0.15) is 57.7 Å². The van der Waals surface area contributed by atoms with Crippen molar-refractivity contribution < 1.29 is 18.7 Å². The molecule has 0 saturated carbocycles. The third kappa shape index (κ3) is 4.04. The molecule has 1 heterocycles. The van der Waals surface area contributed by atoms with Crippen LogP contribution in [0.25, 0.3) is 0 Å². The molecule has 0 saturated heterocycles. The summed E-state index contributed by atoms with van der Waals surface area (Å²) in [5.74, 6) is 0.880. The first kappa shape index (κ1) is 15.1. The molecule has 0 aliphatic carbocycles. The Morgan fingerprint density at radius 3 is 2.33 bits per heavy atom. The van der Waals surface area contributed by atoms with E-state index < -0.39 is 6.29 Å². The number of methoxy groups -OCH3 is 1. The van der Waals surface area contributed by atoms with Gasteiger partial charge in [0.1, 0.15) is 6.10 Å². The molecule has 0 aliphatic heterocycles. The molecule has 1 atom stereocenters. The van der Waals surface area contributed by atoms with E-state index in [0.717, 1.165) is 12.8 Å². The second-order valence-corrected chi connectivity index (χ2v) is 3.75. The third-order valence-corrected chi connectivity index (χ3v) is 2.42. The van der Waals surface area contributed by atoms with Crippen LogP contribution >= 0.6 is 0 Å². The van der Waals surface area contributed by atoms with E-state index in [4.69, 9.17) is 18.7 Å². The first-order valence-electron chi connectivity index (χ1n) is 6.36. The number of aromatic nitrogens is 2. The molecule has 0 aromatic carbocycles. The van der Waals surface area contributed by atoms with Gasteiger partial charge in [-0.05, 0) is 20.3 Å². The summed E-state index contributed by atoms with van der Waals surface area (Å²) >= 11 is 0. The molecule has 0 fully saturated rings. The highest BCUT2D eigenvalue weighted by Gasteiger charge is 2.23. The lowest BCUT2D eigenvalue weighted by atomic mass is 10.2. The maximum absolute atomic E-state index is 5.40. The summed E-state index contributed by atoms with van der Waals surface area (Å²) in [5.41, 5.74) is 0. The first-order chi connectivity index (χ1) is 8.76. The Morgan fingerprint density at radius 2 is 1.83 bits per heavy atom. The Morgan fingerprint density at radius 1 is 1.17 bits per heavy atom. The molecule has 1 aromatic rings. The van der Waals surface area contributed by atoms with Gasteiger partial charge >= 0.3 is 0 Å². The van der Waals surface area contributed by atoms with E-state index in [9.17, 15) is 0 Å². The van der Waals surface area contributed by atoms with Gasteiger partial charge in [0.15, 0.2) is 0 Å². The standard InChI is InChI=1S/C12H22N2O4/c1-5-8-9(15-4)10-13-11(18-14-10)12(16-6-2)17-7-3/h9,12H,5-8H2,1-4H3. The van der Waals surface area contributed by atoms with Gasteiger partial charge in [-0.2, -0.15) is 4.98 Å². The summed E-state index contributed by atoms with van der Waals surface area (Å²) in [6.07, 6.45) is 1.10. The van der Waals surface area contributed by atoms with Crippen molar-refractivity contribution in [1.82, 2.24) is 10.1 Å². The van der Waals surface area contributed by atoms with Crippen molar-refractivity contribution in [2.45, 2.75) is 46.0 Å². The van der Waals surface area contributed by atoms with Gasteiger partial charge in [-0.15, -0.1) is 0 Å². The fourth-order valence-electron chi connectivity index (χ4n) is 1.58. The molecule has 6 heteroatoms. The van der Waals surface area contributed by atoms with Crippen molar-refractivity contribution in [1.29, 1.82) is 0 Å². The van der Waals surface area contributed by atoms with E-state index in [-0.39, 0.29) is 6.10 Å². The van der Waals surface area contributed by atoms with Gasteiger partial charge in [0, 0.05) is 20.3 Å². The first-order valence-corrected chi connectivity index (χ1v) is 6.36. The van der Waals surface area contributed by atoms with E-state index in [1.807, 2.05) is 13.8 Å². The summed E-state index contributed by atoms with van der Waals surface area (Å²) in [6, 6.07) is 0. The van der Waals surface area contributed by atoms with Crippen molar-refractivity contribution in [3.8, 4) is 0 Å². The average molecular weight is 258 g/mol. The lowest BCUT2D eigenvalue weighted by molar-refractivity contribution is -0.155. The largest absolute Gasteiger partial charge is 0.373 e. The number of ether oxygens (including phenoxy) is 3. The van der Waals surface area contributed by atoms with E-state index in [2.05, 4.69) is 17.1 Å². The molecule has 0 aliphatic rings. The predicted octanol–water partition coefficient (Wildman–Crippen LogP) is 2.63. The van der Waals surface area contributed by atoms with Gasteiger partial charge in [0.05, 0.1) is 0 Å². The van der Waals surface area contributed by atoms with Crippen LogP contribution in [0.2, 0.25) is 0 Å². The van der Waals surface area contributed by atoms with Gasteiger partial charge in [0.2, 0.25) is 12.1 Å². The van der Waals surface area contributed by atoms with Crippen LogP contribution < -0.4 is 0 Å². The molecule has 1 unspecified atom stereocenters. The second-order valence-electron chi connectivity index (χ2n) is 3.75. The van der Waals surface area contributed by atoms with Crippen LogP contribution in [0.5, 0.6) is 0 Å².